The summed E-state index contributed by atoms with van der Waals surface area (Å²) in [5, 5.41) is 21.5. The molecule has 0 radical (unpaired) electrons. The van der Waals surface area contributed by atoms with Crippen LogP contribution in [0.3, 0.4) is 0 Å². The predicted octanol–water partition coefficient (Wildman–Crippen LogP) is 2.12. The van der Waals surface area contributed by atoms with Crippen LogP contribution in [0.5, 0.6) is 0 Å². The topological polar surface area (TPSA) is 100 Å². The molecule has 29 heavy (non-hydrogen) atoms. The monoisotopic (exact) mass is 464 g/mol. The molecule has 1 aliphatic heterocycles. The van der Waals surface area contributed by atoms with Crippen molar-refractivity contribution in [3.8, 4) is 0 Å². The van der Waals surface area contributed by atoms with Gasteiger partial charge in [0.1, 0.15) is 5.01 Å². The second kappa shape index (κ2) is 7.27. The van der Waals surface area contributed by atoms with E-state index in [2.05, 4.69) is 10.1 Å². The van der Waals surface area contributed by atoms with Gasteiger partial charge in [-0.25, -0.2) is 4.98 Å². The van der Waals surface area contributed by atoms with Gasteiger partial charge < -0.3 is 14.9 Å². The zero-order valence-electron chi connectivity index (χ0n) is 14.6. The minimum atomic E-state index is -5.10. The van der Waals surface area contributed by atoms with E-state index in [1.54, 1.807) is 0 Å². The highest BCUT2D eigenvalue weighted by Gasteiger charge is 2.53. The van der Waals surface area contributed by atoms with Gasteiger partial charge in [0.15, 0.2) is 11.4 Å². The number of ether oxygens (including phenoxy) is 1. The summed E-state index contributed by atoms with van der Waals surface area (Å²) in [6, 6.07) is 0. The van der Waals surface area contributed by atoms with E-state index in [4.69, 9.17) is 16.3 Å². The molecule has 0 saturated carbocycles. The Kier molecular flexibility index (Phi) is 5.53. The Bertz CT molecular complexity index is 926. The number of alkyl halides is 6. The van der Waals surface area contributed by atoms with Crippen molar-refractivity contribution in [2.24, 2.45) is 5.92 Å². The maximum atomic E-state index is 13.5. The number of imidazole rings is 1. The molecule has 1 fully saturated rings. The summed E-state index contributed by atoms with van der Waals surface area (Å²) in [5.74, 6) is -5.63. The number of hydrogen-bond donors (Lipinski definition) is 2. The highest BCUT2D eigenvalue weighted by Crippen LogP contribution is 2.41. The standard InChI is InChI=1S/C14H14ClF5N4O4S/c1-28-5-7-22-24-10(9(13(18,19)20)21-11(24)29-7)14(26,27)23-4-6(2-8(23)25)3-12(15,16)17/h6,26-27H,2-5H2,1H3. The molecule has 162 valence electrons. The van der Waals surface area contributed by atoms with E-state index in [1.807, 2.05) is 0 Å². The van der Waals surface area contributed by atoms with E-state index in [1.165, 1.54) is 7.11 Å². The Morgan fingerprint density at radius 3 is 2.52 bits per heavy atom. The molecule has 1 amide bonds. The summed E-state index contributed by atoms with van der Waals surface area (Å²) >= 11 is 5.56. The molecule has 1 saturated heterocycles. The molecule has 2 aromatic heterocycles. The second-order valence-electron chi connectivity index (χ2n) is 6.46. The van der Waals surface area contributed by atoms with Gasteiger partial charge in [0.25, 0.3) is 5.91 Å². The van der Waals surface area contributed by atoms with Gasteiger partial charge in [0.2, 0.25) is 10.9 Å². The Morgan fingerprint density at radius 2 is 1.97 bits per heavy atom. The van der Waals surface area contributed by atoms with Crippen molar-refractivity contribution in [2.75, 3.05) is 13.7 Å². The van der Waals surface area contributed by atoms with Gasteiger partial charge in [-0.3, -0.25) is 9.69 Å². The van der Waals surface area contributed by atoms with E-state index in [0.717, 1.165) is 0 Å². The van der Waals surface area contributed by atoms with Crippen LogP contribution in [0.25, 0.3) is 4.96 Å². The van der Waals surface area contributed by atoms with Crippen molar-refractivity contribution in [3.05, 3.63) is 16.4 Å². The molecule has 8 nitrogen and oxygen atoms in total. The number of aromatic nitrogens is 3. The SMILES string of the molecule is COCc1nn2c(C(O)(O)N3CC(CC(F)(F)Cl)CC3=O)c(C(F)(F)F)nc2s1. The number of rotatable bonds is 6. The van der Waals surface area contributed by atoms with Crippen LogP contribution >= 0.6 is 22.9 Å². The minimum Gasteiger partial charge on any atom is -0.377 e. The summed E-state index contributed by atoms with van der Waals surface area (Å²) in [7, 11) is 1.32. The largest absolute Gasteiger partial charge is 0.435 e. The van der Waals surface area contributed by atoms with Crippen molar-refractivity contribution >= 4 is 33.8 Å². The van der Waals surface area contributed by atoms with Crippen LogP contribution in [0.4, 0.5) is 22.0 Å². The van der Waals surface area contributed by atoms with Gasteiger partial charge in [-0.05, 0) is 17.5 Å². The molecule has 0 aromatic carbocycles. The fourth-order valence-corrected chi connectivity index (χ4v) is 4.23. The molecule has 1 atom stereocenters. The van der Waals surface area contributed by atoms with Crippen molar-refractivity contribution in [3.63, 3.8) is 0 Å². The predicted molar refractivity (Wildman–Crippen MR) is 87.9 cm³/mol. The van der Waals surface area contributed by atoms with Crippen LogP contribution in [-0.4, -0.2) is 54.7 Å². The summed E-state index contributed by atoms with van der Waals surface area (Å²) in [5.41, 5.74) is -2.88. The summed E-state index contributed by atoms with van der Waals surface area (Å²) in [6.45, 7) is -0.720. The summed E-state index contributed by atoms with van der Waals surface area (Å²) < 4.78 is 71.8. The molecule has 1 aliphatic rings. The zero-order chi connectivity index (χ0) is 21.8. The third kappa shape index (κ3) is 4.30. The number of hydrogen-bond acceptors (Lipinski definition) is 7. The number of methoxy groups -OCH3 is 1. The molecule has 3 heterocycles. The average molecular weight is 465 g/mol. The third-order valence-electron chi connectivity index (χ3n) is 4.20. The lowest BCUT2D eigenvalue weighted by Gasteiger charge is -2.32. The molecule has 2 N–H and O–H groups in total. The molecule has 1 unspecified atom stereocenters. The number of aliphatic hydroxyl groups is 2. The number of amides is 1. The number of carbonyl (C=O) groups is 1. The minimum absolute atomic E-state index is 0.0752. The maximum Gasteiger partial charge on any atom is 0.435 e. The van der Waals surface area contributed by atoms with Gasteiger partial charge in [-0.15, -0.1) is 0 Å². The number of nitrogens with zero attached hydrogens (tertiary/aromatic N) is 4. The van der Waals surface area contributed by atoms with Crippen molar-refractivity contribution in [1.82, 2.24) is 19.5 Å². The first-order valence-electron chi connectivity index (χ1n) is 8.01. The van der Waals surface area contributed by atoms with E-state index in [9.17, 15) is 37.0 Å². The smallest absolute Gasteiger partial charge is 0.377 e. The van der Waals surface area contributed by atoms with Crippen molar-refractivity contribution in [1.29, 1.82) is 0 Å². The lowest BCUT2D eigenvalue weighted by atomic mass is 10.1. The van der Waals surface area contributed by atoms with Crippen LogP contribution in [0.15, 0.2) is 0 Å². The highest BCUT2D eigenvalue weighted by molar-refractivity contribution is 7.16. The molecular formula is C14H14ClF5N4O4S. The van der Waals surface area contributed by atoms with Crippen LogP contribution in [-0.2, 0) is 28.2 Å². The average Bonchev–Trinajstić information content (AvgIpc) is 3.17. The molecule has 0 aliphatic carbocycles. The summed E-state index contributed by atoms with van der Waals surface area (Å²) in [6.07, 6.45) is -6.61. The van der Waals surface area contributed by atoms with Gasteiger partial charge in [-0.1, -0.05) is 11.3 Å². The Labute approximate surface area is 168 Å². The quantitative estimate of drug-likeness (QED) is 0.386. The van der Waals surface area contributed by atoms with Gasteiger partial charge in [-0.2, -0.15) is 31.6 Å². The van der Waals surface area contributed by atoms with Crippen molar-refractivity contribution in [2.45, 2.75) is 36.9 Å². The van der Waals surface area contributed by atoms with Gasteiger partial charge in [0, 0.05) is 26.5 Å². The number of halogens is 6. The Hall–Kier alpha value is -1.61. The zero-order valence-corrected chi connectivity index (χ0v) is 16.2. The van der Waals surface area contributed by atoms with Gasteiger partial charge in [0.05, 0.1) is 6.61 Å². The number of carbonyl (C=O) groups excluding carboxylic acids is 1. The molecule has 3 rings (SSSR count). The highest BCUT2D eigenvalue weighted by atomic mass is 35.5. The second-order valence-corrected chi connectivity index (χ2v) is 8.05. The molecule has 2 aromatic rings. The van der Waals surface area contributed by atoms with Crippen LogP contribution in [0.1, 0.15) is 29.2 Å². The van der Waals surface area contributed by atoms with Crippen LogP contribution < -0.4 is 0 Å². The molecular weight excluding hydrogens is 451 g/mol. The normalized spacial score (nSPS) is 19.0. The lowest BCUT2D eigenvalue weighted by Crippen LogP contribution is -2.49. The first-order chi connectivity index (χ1) is 13.2. The van der Waals surface area contributed by atoms with Crippen molar-refractivity contribution < 1.29 is 41.7 Å². The van der Waals surface area contributed by atoms with E-state index in [0.29, 0.717) is 15.9 Å². The first-order valence-corrected chi connectivity index (χ1v) is 9.20. The molecule has 0 bridgehead atoms. The lowest BCUT2D eigenvalue weighted by molar-refractivity contribution is -0.270. The van der Waals surface area contributed by atoms with Crippen LogP contribution in [0.2, 0.25) is 0 Å². The number of fused-ring (bicyclic) bond motifs is 1. The van der Waals surface area contributed by atoms with Gasteiger partial charge >= 0.3 is 11.6 Å². The maximum absolute atomic E-state index is 13.5. The fourth-order valence-electron chi connectivity index (χ4n) is 3.14. The fraction of sp³-hybridized carbons (Fsp3) is 0.643. The molecule has 15 heteroatoms. The Morgan fingerprint density at radius 1 is 1.31 bits per heavy atom. The number of likely N-dealkylation sites (tertiary alicyclic amines) is 1. The summed E-state index contributed by atoms with van der Waals surface area (Å²) in [4.78, 5) is 15.5. The van der Waals surface area contributed by atoms with E-state index >= 15 is 0 Å². The third-order valence-corrected chi connectivity index (χ3v) is 5.24. The molecule has 0 spiro atoms. The van der Waals surface area contributed by atoms with E-state index in [-0.39, 0.29) is 21.5 Å². The first kappa shape index (κ1) is 22.1. The Balaban J connectivity index is 2.06. The van der Waals surface area contributed by atoms with Crippen LogP contribution in [0, 0.1) is 5.92 Å². The van der Waals surface area contributed by atoms with E-state index < -0.39 is 60.1 Å².